The lowest BCUT2D eigenvalue weighted by Crippen LogP contribution is -2.31. The second-order valence-corrected chi connectivity index (χ2v) is 6.83. The van der Waals surface area contributed by atoms with Gasteiger partial charge in [0, 0.05) is 12.1 Å². The summed E-state index contributed by atoms with van der Waals surface area (Å²) in [6.07, 6.45) is 2.92. The molecule has 2 N–H and O–H groups in total. The lowest BCUT2D eigenvalue weighted by molar-refractivity contribution is 0.106. The van der Waals surface area contributed by atoms with Crippen LogP contribution in [0.2, 0.25) is 0 Å². The molecule has 140 valence electrons. The van der Waals surface area contributed by atoms with Crippen molar-refractivity contribution in [1.29, 1.82) is 0 Å². The highest BCUT2D eigenvalue weighted by Gasteiger charge is 2.41. The largest absolute Gasteiger partial charge is 0.490 e. The van der Waals surface area contributed by atoms with Gasteiger partial charge in [-0.3, -0.25) is 0 Å². The van der Waals surface area contributed by atoms with Crippen LogP contribution in [-0.4, -0.2) is 37.0 Å². The number of epoxide rings is 1. The van der Waals surface area contributed by atoms with Crippen molar-refractivity contribution >= 4 is 0 Å². The first kappa shape index (κ1) is 18.9. The van der Waals surface area contributed by atoms with Gasteiger partial charge in [0.25, 0.3) is 0 Å². The number of rotatable bonds is 11. The molecule has 3 unspecified atom stereocenters. The Kier molecular flexibility index (Phi) is 7.06. The normalized spacial score (nSPS) is 19.9. The van der Waals surface area contributed by atoms with Gasteiger partial charge in [-0.2, -0.15) is 0 Å². The van der Waals surface area contributed by atoms with E-state index >= 15 is 0 Å². The molecule has 0 amide bonds. The fourth-order valence-electron chi connectivity index (χ4n) is 3.13. The van der Waals surface area contributed by atoms with Crippen LogP contribution < -0.4 is 10.1 Å². The molecule has 26 heavy (non-hydrogen) atoms. The molecule has 1 saturated heterocycles. The molecule has 0 spiro atoms. The van der Waals surface area contributed by atoms with Gasteiger partial charge in [-0.15, -0.1) is 0 Å². The number of ether oxygens (including phenoxy) is 2. The molecule has 4 heteroatoms. The lowest BCUT2D eigenvalue weighted by Gasteiger charge is -2.15. The van der Waals surface area contributed by atoms with Crippen LogP contribution >= 0.6 is 0 Å². The SMILES string of the molecule is CCCNCC(O)COc1ccccc1C1OC1CCc1ccccc1. The van der Waals surface area contributed by atoms with Crippen molar-refractivity contribution in [3.05, 3.63) is 65.7 Å². The molecule has 0 bridgehead atoms. The standard InChI is InChI=1S/C22H29NO3/c1-2-14-23-15-18(24)16-25-20-11-7-6-10-19(20)22-21(26-22)13-12-17-8-4-3-5-9-17/h3-11,18,21-24H,2,12-16H2,1H3. The van der Waals surface area contributed by atoms with E-state index in [0.29, 0.717) is 6.54 Å². The van der Waals surface area contributed by atoms with Gasteiger partial charge in [-0.25, -0.2) is 0 Å². The summed E-state index contributed by atoms with van der Waals surface area (Å²) in [4.78, 5) is 0. The number of nitrogens with one attached hydrogen (secondary N) is 1. The Labute approximate surface area is 156 Å². The van der Waals surface area contributed by atoms with Crippen molar-refractivity contribution < 1.29 is 14.6 Å². The lowest BCUT2D eigenvalue weighted by atomic mass is 10.0. The molecular formula is C22H29NO3. The van der Waals surface area contributed by atoms with Gasteiger partial charge >= 0.3 is 0 Å². The molecule has 4 nitrogen and oxygen atoms in total. The third kappa shape index (κ3) is 5.56. The maximum absolute atomic E-state index is 10.0. The summed E-state index contributed by atoms with van der Waals surface area (Å²) in [5.74, 6) is 0.814. The third-order valence-corrected chi connectivity index (χ3v) is 4.61. The van der Waals surface area contributed by atoms with E-state index in [9.17, 15) is 5.11 Å². The molecule has 0 radical (unpaired) electrons. The zero-order valence-electron chi connectivity index (χ0n) is 15.4. The monoisotopic (exact) mass is 355 g/mol. The average molecular weight is 355 g/mol. The topological polar surface area (TPSA) is 54.0 Å². The van der Waals surface area contributed by atoms with Crippen LogP contribution in [0.4, 0.5) is 0 Å². The van der Waals surface area contributed by atoms with Crippen LogP contribution in [0.5, 0.6) is 5.75 Å². The molecule has 3 atom stereocenters. The fourth-order valence-corrected chi connectivity index (χ4v) is 3.13. The zero-order chi connectivity index (χ0) is 18.2. The van der Waals surface area contributed by atoms with Crippen LogP contribution in [0, 0.1) is 0 Å². The highest BCUT2D eigenvalue weighted by molar-refractivity contribution is 5.38. The number of aliphatic hydroxyl groups excluding tert-OH is 1. The van der Waals surface area contributed by atoms with E-state index in [0.717, 1.165) is 37.1 Å². The molecule has 0 aromatic heterocycles. The molecule has 1 aliphatic heterocycles. The van der Waals surface area contributed by atoms with Gasteiger partial charge in [-0.05, 0) is 37.4 Å². The van der Waals surface area contributed by atoms with Crippen LogP contribution in [0.15, 0.2) is 54.6 Å². The van der Waals surface area contributed by atoms with Crippen molar-refractivity contribution in [2.45, 2.75) is 44.5 Å². The Morgan fingerprint density at radius 3 is 2.69 bits per heavy atom. The van der Waals surface area contributed by atoms with E-state index in [1.54, 1.807) is 0 Å². The molecule has 1 aliphatic rings. The summed E-state index contributed by atoms with van der Waals surface area (Å²) in [6.45, 7) is 3.85. The van der Waals surface area contributed by atoms with Crippen molar-refractivity contribution in [2.24, 2.45) is 0 Å². The first-order chi connectivity index (χ1) is 12.8. The molecule has 0 saturated carbocycles. The van der Waals surface area contributed by atoms with Gasteiger partial charge in [-0.1, -0.05) is 55.5 Å². The van der Waals surface area contributed by atoms with Gasteiger partial charge in [0.2, 0.25) is 0 Å². The fraction of sp³-hybridized carbons (Fsp3) is 0.455. The van der Waals surface area contributed by atoms with Crippen LogP contribution in [0.25, 0.3) is 0 Å². The highest BCUT2D eigenvalue weighted by Crippen LogP contribution is 2.44. The number of benzene rings is 2. The van der Waals surface area contributed by atoms with Gasteiger partial charge in [0.05, 0.1) is 6.10 Å². The summed E-state index contributed by atoms with van der Waals surface area (Å²) >= 11 is 0. The first-order valence-electron chi connectivity index (χ1n) is 9.57. The third-order valence-electron chi connectivity index (χ3n) is 4.61. The van der Waals surface area contributed by atoms with E-state index in [-0.39, 0.29) is 18.8 Å². The quantitative estimate of drug-likeness (QED) is 0.478. The summed E-state index contributed by atoms with van der Waals surface area (Å²) in [6, 6.07) is 18.5. The summed E-state index contributed by atoms with van der Waals surface area (Å²) in [5, 5.41) is 13.2. The number of hydrogen-bond donors (Lipinski definition) is 2. The Hall–Kier alpha value is -1.88. The maximum Gasteiger partial charge on any atom is 0.125 e. The predicted molar refractivity (Wildman–Crippen MR) is 103 cm³/mol. The Morgan fingerprint density at radius 1 is 1.12 bits per heavy atom. The Morgan fingerprint density at radius 2 is 1.88 bits per heavy atom. The van der Waals surface area contributed by atoms with E-state index in [4.69, 9.17) is 9.47 Å². The smallest absolute Gasteiger partial charge is 0.125 e. The number of aryl methyl sites for hydroxylation is 1. The molecule has 2 aromatic carbocycles. The second-order valence-electron chi connectivity index (χ2n) is 6.83. The number of para-hydroxylation sites is 1. The Balaban J connectivity index is 1.48. The predicted octanol–water partition coefficient (Wildman–Crippen LogP) is 3.50. The first-order valence-corrected chi connectivity index (χ1v) is 9.57. The van der Waals surface area contributed by atoms with E-state index in [1.165, 1.54) is 5.56 Å². The molecule has 1 heterocycles. The molecular weight excluding hydrogens is 326 g/mol. The second kappa shape index (κ2) is 9.72. The summed E-state index contributed by atoms with van der Waals surface area (Å²) in [7, 11) is 0. The Bertz CT molecular complexity index is 661. The average Bonchev–Trinajstić information content (AvgIpc) is 3.45. The molecule has 2 aromatic rings. The van der Waals surface area contributed by atoms with Gasteiger partial charge in [0.1, 0.15) is 24.6 Å². The highest BCUT2D eigenvalue weighted by atomic mass is 16.6. The van der Waals surface area contributed by atoms with Crippen molar-refractivity contribution in [3.63, 3.8) is 0 Å². The van der Waals surface area contributed by atoms with E-state index < -0.39 is 6.10 Å². The van der Waals surface area contributed by atoms with Crippen LogP contribution in [0.1, 0.15) is 37.0 Å². The van der Waals surface area contributed by atoms with Crippen molar-refractivity contribution in [1.82, 2.24) is 5.32 Å². The van der Waals surface area contributed by atoms with E-state index in [1.807, 2.05) is 24.3 Å². The minimum Gasteiger partial charge on any atom is -0.490 e. The zero-order valence-corrected chi connectivity index (χ0v) is 15.4. The number of aliphatic hydroxyl groups is 1. The molecule has 3 rings (SSSR count). The van der Waals surface area contributed by atoms with Gasteiger partial charge < -0.3 is 19.9 Å². The maximum atomic E-state index is 10.0. The summed E-state index contributed by atoms with van der Waals surface area (Å²) < 4.78 is 11.8. The van der Waals surface area contributed by atoms with Crippen molar-refractivity contribution in [2.75, 3.05) is 19.7 Å². The molecule has 0 aliphatic carbocycles. The minimum absolute atomic E-state index is 0.102. The number of hydrogen-bond acceptors (Lipinski definition) is 4. The van der Waals surface area contributed by atoms with Crippen LogP contribution in [-0.2, 0) is 11.2 Å². The minimum atomic E-state index is -0.511. The van der Waals surface area contributed by atoms with E-state index in [2.05, 4.69) is 42.6 Å². The summed E-state index contributed by atoms with van der Waals surface area (Å²) in [5.41, 5.74) is 2.42. The van der Waals surface area contributed by atoms with Crippen molar-refractivity contribution in [3.8, 4) is 5.75 Å². The van der Waals surface area contributed by atoms with Gasteiger partial charge in [0.15, 0.2) is 0 Å². The molecule has 1 fully saturated rings. The van der Waals surface area contributed by atoms with Crippen LogP contribution in [0.3, 0.4) is 0 Å².